The Kier molecular flexibility index (Phi) is 8.24. The van der Waals surface area contributed by atoms with Crippen molar-refractivity contribution in [3.05, 3.63) is 12.7 Å². The van der Waals surface area contributed by atoms with Crippen molar-refractivity contribution in [3.8, 4) is 0 Å². The molecule has 0 spiro atoms. The van der Waals surface area contributed by atoms with Crippen LogP contribution in [0, 0.1) is 0 Å². The Bertz CT molecular complexity index is 274. The number of rotatable bonds is 8. The van der Waals surface area contributed by atoms with Gasteiger partial charge in [-0.1, -0.05) is 24.4 Å². The monoisotopic (exact) mass is 246 g/mol. The zero-order valence-electron chi connectivity index (χ0n) is 8.81. The van der Waals surface area contributed by atoms with Gasteiger partial charge in [-0.3, -0.25) is 14.4 Å². The number of thioether (sulfide) groups is 1. The minimum atomic E-state index is -0.939. The van der Waals surface area contributed by atoms with Gasteiger partial charge < -0.3 is 9.84 Å². The number of carbonyl (C=O) groups is 3. The minimum absolute atomic E-state index is 0.0206. The molecular weight excluding hydrogens is 232 g/mol. The molecule has 90 valence electrons. The summed E-state index contributed by atoms with van der Waals surface area (Å²) < 4.78 is 4.67. The minimum Gasteiger partial charge on any atom is -0.481 e. The van der Waals surface area contributed by atoms with E-state index in [1.165, 1.54) is 6.08 Å². The molecule has 1 N–H and O–H groups in total. The quantitative estimate of drug-likeness (QED) is 0.512. The maximum atomic E-state index is 11.1. The van der Waals surface area contributed by atoms with E-state index in [2.05, 4.69) is 11.3 Å². The number of hydrogen-bond donors (Lipinski definition) is 1. The highest BCUT2D eigenvalue weighted by atomic mass is 32.2. The Balaban J connectivity index is 3.53. The van der Waals surface area contributed by atoms with Gasteiger partial charge in [0.15, 0.2) is 5.12 Å². The van der Waals surface area contributed by atoms with Gasteiger partial charge in [0.1, 0.15) is 6.61 Å². The SMILES string of the molecule is C=CCOC(=O)CCC(=O)SCCC(=O)O. The molecule has 0 rings (SSSR count). The molecule has 0 fully saturated rings. The Hall–Kier alpha value is -1.30. The lowest BCUT2D eigenvalue weighted by Gasteiger charge is -2.01. The Labute approximate surface area is 97.8 Å². The molecule has 0 aromatic heterocycles. The van der Waals surface area contributed by atoms with E-state index in [1.807, 2.05) is 0 Å². The van der Waals surface area contributed by atoms with Gasteiger partial charge in [-0.05, 0) is 0 Å². The van der Waals surface area contributed by atoms with Crippen molar-refractivity contribution in [3.63, 3.8) is 0 Å². The van der Waals surface area contributed by atoms with E-state index in [-0.39, 0.29) is 36.7 Å². The largest absolute Gasteiger partial charge is 0.481 e. The van der Waals surface area contributed by atoms with Gasteiger partial charge in [-0.25, -0.2) is 0 Å². The molecule has 0 aliphatic carbocycles. The van der Waals surface area contributed by atoms with E-state index in [4.69, 9.17) is 5.11 Å². The molecule has 0 amide bonds. The summed E-state index contributed by atoms with van der Waals surface area (Å²) in [6.07, 6.45) is 1.48. The molecule has 0 saturated heterocycles. The molecule has 16 heavy (non-hydrogen) atoms. The molecule has 0 aromatic carbocycles. The summed E-state index contributed by atoms with van der Waals surface area (Å²) >= 11 is 0.923. The van der Waals surface area contributed by atoms with E-state index in [0.717, 1.165) is 11.8 Å². The first-order valence-corrected chi connectivity index (χ1v) is 5.68. The zero-order valence-corrected chi connectivity index (χ0v) is 9.62. The van der Waals surface area contributed by atoms with Crippen molar-refractivity contribution < 1.29 is 24.2 Å². The predicted octanol–water partition coefficient (Wildman–Crippen LogP) is 1.23. The van der Waals surface area contributed by atoms with Gasteiger partial charge in [-0.15, -0.1) is 0 Å². The van der Waals surface area contributed by atoms with Crippen molar-refractivity contribution in [1.29, 1.82) is 0 Å². The van der Waals surface area contributed by atoms with Gasteiger partial charge in [0.2, 0.25) is 0 Å². The highest BCUT2D eigenvalue weighted by molar-refractivity contribution is 8.13. The summed E-state index contributed by atoms with van der Waals surface area (Å²) in [5.41, 5.74) is 0. The molecule has 0 saturated carbocycles. The second kappa shape index (κ2) is 8.96. The van der Waals surface area contributed by atoms with Gasteiger partial charge in [0.05, 0.1) is 12.8 Å². The Morgan fingerprint density at radius 1 is 1.25 bits per heavy atom. The standard InChI is InChI=1S/C10H14O5S/c1-2-6-15-9(13)3-4-10(14)16-7-5-8(11)12/h2H,1,3-7H2,(H,11,12). The van der Waals surface area contributed by atoms with Crippen LogP contribution in [0.4, 0.5) is 0 Å². The first kappa shape index (κ1) is 14.7. The van der Waals surface area contributed by atoms with Crippen LogP contribution in [0.15, 0.2) is 12.7 Å². The van der Waals surface area contributed by atoms with Crippen LogP contribution in [0.3, 0.4) is 0 Å². The van der Waals surface area contributed by atoms with Crippen LogP contribution in [0.5, 0.6) is 0 Å². The second-order valence-electron chi connectivity index (χ2n) is 2.84. The van der Waals surface area contributed by atoms with Crippen LogP contribution in [-0.2, 0) is 19.1 Å². The van der Waals surface area contributed by atoms with E-state index in [0.29, 0.717) is 0 Å². The normalized spacial score (nSPS) is 9.50. The Morgan fingerprint density at radius 3 is 2.50 bits per heavy atom. The lowest BCUT2D eigenvalue weighted by atomic mass is 10.3. The number of carboxylic acids is 1. The molecule has 0 aliphatic rings. The highest BCUT2D eigenvalue weighted by Gasteiger charge is 2.08. The summed E-state index contributed by atoms with van der Waals surface area (Å²) in [6.45, 7) is 3.52. The molecule has 0 unspecified atom stereocenters. The van der Waals surface area contributed by atoms with Crippen LogP contribution < -0.4 is 0 Å². The molecule has 0 heterocycles. The van der Waals surface area contributed by atoms with E-state index in [1.54, 1.807) is 0 Å². The van der Waals surface area contributed by atoms with Crippen LogP contribution in [0.1, 0.15) is 19.3 Å². The van der Waals surface area contributed by atoms with E-state index >= 15 is 0 Å². The fourth-order valence-corrected chi connectivity index (χ4v) is 1.50. The maximum absolute atomic E-state index is 11.1. The van der Waals surface area contributed by atoms with Crippen molar-refractivity contribution >= 4 is 28.8 Å². The summed E-state index contributed by atoms with van der Waals surface area (Å²) in [5, 5.41) is 8.14. The van der Waals surface area contributed by atoms with Gasteiger partial charge in [0.25, 0.3) is 0 Å². The topological polar surface area (TPSA) is 80.7 Å². The third-order valence-electron chi connectivity index (χ3n) is 1.47. The lowest BCUT2D eigenvalue weighted by Crippen LogP contribution is -2.07. The van der Waals surface area contributed by atoms with E-state index in [9.17, 15) is 14.4 Å². The van der Waals surface area contributed by atoms with Gasteiger partial charge in [-0.2, -0.15) is 0 Å². The fraction of sp³-hybridized carbons (Fsp3) is 0.500. The number of esters is 1. The average Bonchev–Trinajstić information content (AvgIpc) is 2.23. The third kappa shape index (κ3) is 9.26. The molecular formula is C10H14O5S. The van der Waals surface area contributed by atoms with Crippen molar-refractivity contribution in [2.24, 2.45) is 0 Å². The molecule has 5 nitrogen and oxygen atoms in total. The molecule has 0 bridgehead atoms. The summed E-state index contributed by atoms with van der Waals surface area (Å²) in [7, 11) is 0. The lowest BCUT2D eigenvalue weighted by molar-refractivity contribution is -0.143. The Morgan fingerprint density at radius 2 is 1.94 bits per heavy atom. The molecule has 0 aromatic rings. The number of aliphatic carboxylic acids is 1. The first-order valence-electron chi connectivity index (χ1n) is 4.70. The molecule has 0 atom stereocenters. The van der Waals surface area contributed by atoms with Crippen LogP contribution in [0.25, 0.3) is 0 Å². The summed E-state index contributed by atoms with van der Waals surface area (Å²) in [6, 6.07) is 0. The number of carboxylic acid groups (broad SMARTS) is 1. The third-order valence-corrected chi connectivity index (χ3v) is 2.41. The number of ether oxygens (including phenoxy) is 1. The van der Waals surface area contributed by atoms with Crippen LogP contribution >= 0.6 is 11.8 Å². The summed E-state index contributed by atoms with van der Waals surface area (Å²) in [5.74, 6) is -1.16. The number of hydrogen-bond acceptors (Lipinski definition) is 5. The van der Waals surface area contributed by atoms with Crippen molar-refractivity contribution in [2.75, 3.05) is 12.4 Å². The van der Waals surface area contributed by atoms with Crippen molar-refractivity contribution in [1.82, 2.24) is 0 Å². The second-order valence-corrected chi connectivity index (χ2v) is 3.99. The molecule has 0 radical (unpaired) electrons. The van der Waals surface area contributed by atoms with Crippen LogP contribution in [0.2, 0.25) is 0 Å². The van der Waals surface area contributed by atoms with E-state index < -0.39 is 11.9 Å². The fourth-order valence-electron chi connectivity index (χ4n) is 0.753. The average molecular weight is 246 g/mol. The molecule has 6 heteroatoms. The highest BCUT2D eigenvalue weighted by Crippen LogP contribution is 2.09. The molecule has 0 aliphatic heterocycles. The first-order chi connectivity index (χ1) is 7.56. The van der Waals surface area contributed by atoms with Crippen molar-refractivity contribution in [2.45, 2.75) is 19.3 Å². The zero-order chi connectivity index (χ0) is 12.4. The van der Waals surface area contributed by atoms with Gasteiger partial charge >= 0.3 is 11.9 Å². The summed E-state index contributed by atoms with van der Waals surface area (Å²) in [4.78, 5) is 32.3. The van der Waals surface area contributed by atoms with Gasteiger partial charge in [0, 0.05) is 12.2 Å². The smallest absolute Gasteiger partial charge is 0.306 e. The maximum Gasteiger partial charge on any atom is 0.306 e. The van der Waals surface area contributed by atoms with Crippen LogP contribution in [-0.4, -0.2) is 34.5 Å². The predicted molar refractivity (Wildman–Crippen MR) is 60.1 cm³/mol. The number of carbonyl (C=O) groups excluding carboxylic acids is 2.